The molecule has 0 amide bonds. The lowest BCUT2D eigenvalue weighted by atomic mass is 10.9. The first-order valence-corrected chi connectivity index (χ1v) is 9.73. The van der Waals surface area contributed by atoms with E-state index in [9.17, 15) is 21.4 Å². The molecule has 0 aromatic carbocycles. The van der Waals surface area contributed by atoms with Crippen LogP contribution < -0.4 is 0 Å². The van der Waals surface area contributed by atoms with Gasteiger partial charge in [-0.15, -0.1) is 0 Å². The average Bonchev–Trinajstić information content (AvgIpc) is 2.38. The molecule has 0 unspecified atom stereocenters. The van der Waals surface area contributed by atoms with Crippen LogP contribution in [-0.4, -0.2) is 62.9 Å². The zero-order valence-electron chi connectivity index (χ0n) is 11.2. The average molecular weight is 356 g/mol. The van der Waals surface area contributed by atoms with Crippen molar-refractivity contribution in [2.45, 2.75) is 0 Å². The first-order chi connectivity index (χ1) is 9.10. The predicted molar refractivity (Wildman–Crippen MR) is 68.1 cm³/mol. The standard InChI is InChI=1S/C7H17O10PS2/c1-13-18(8,16-4-6-19(9,10)14-2)17-5-7-20(11,12)15-3/h4-7H2,1-3H3. The Hall–Kier alpha value is -0.0700. The van der Waals surface area contributed by atoms with Crippen molar-refractivity contribution in [3.63, 3.8) is 0 Å². The van der Waals surface area contributed by atoms with E-state index in [2.05, 4.69) is 21.9 Å². The van der Waals surface area contributed by atoms with Crippen LogP contribution in [-0.2, 0) is 46.7 Å². The molecule has 122 valence electrons. The Morgan fingerprint density at radius 2 is 1.15 bits per heavy atom. The highest BCUT2D eigenvalue weighted by molar-refractivity contribution is 7.87. The van der Waals surface area contributed by atoms with Crippen molar-refractivity contribution in [2.75, 3.05) is 46.0 Å². The molecule has 0 radical (unpaired) electrons. The lowest BCUT2D eigenvalue weighted by Gasteiger charge is -2.15. The maximum absolute atomic E-state index is 11.8. The largest absolute Gasteiger partial charge is 0.474 e. The van der Waals surface area contributed by atoms with Gasteiger partial charge >= 0.3 is 7.82 Å². The first-order valence-electron chi connectivity index (χ1n) is 5.11. The molecule has 13 heteroatoms. The van der Waals surface area contributed by atoms with Crippen LogP contribution in [0.4, 0.5) is 0 Å². The summed E-state index contributed by atoms with van der Waals surface area (Å²) in [4.78, 5) is 0. The number of phosphoric acid groups is 1. The summed E-state index contributed by atoms with van der Waals surface area (Å²) in [5.41, 5.74) is 0. The molecule has 0 rings (SSSR count). The molecule has 0 heterocycles. The van der Waals surface area contributed by atoms with Gasteiger partial charge in [0.05, 0.1) is 38.9 Å². The van der Waals surface area contributed by atoms with Crippen molar-refractivity contribution in [3.8, 4) is 0 Å². The summed E-state index contributed by atoms with van der Waals surface area (Å²) in [5.74, 6) is -1.12. The molecule has 0 aromatic heterocycles. The Morgan fingerprint density at radius 1 is 0.800 bits per heavy atom. The summed E-state index contributed by atoms with van der Waals surface area (Å²) >= 11 is 0. The topological polar surface area (TPSA) is 132 Å². The zero-order valence-corrected chi connectivity index (χ0v) is 13.7. The molecule has 20 heavy (non-hydrogen) atoms. The van der Waals surface area contributed by atoms with Crippen molar-refractivity contribution in [1.29, 1.82) is 0 Å². The lowest BCUT2D eigenvalue weighted by Crippen LogP contribution is -2.15. The van der Waals surface area contributed by atoms with E-state index >= 15 is 0 Å². The Balaban J connectivity index is 4.32. The van der Waals surface area contributed by atoms with Crippen LogP contribution in [0.3, 0.4) is 0 Å². The minimum absolute atomic E-state index is 0.502. The normalized spacial score (nSPS) is 13.6. The summed E-state index contributed by atoms with van der Waals surface area (Å²) in [6.07, 6.45) is 0. The van der Waals surface area contributed by atoms with E-state index < -0.39 is 52.8 Å². The fourth-order valence-electron chi connectivity index (χ4n) is 0.812. The van der Waals surface area contributed by atoms with Gasteiger partial charge in [0.25, 0.3) is 20.2 Å². The third-order valence-corrected chi connectivity index (χ3v) is 5.69. The van der Waals surface area contributed by atoms with Crippen LogP contribution in [0.15, 0.2) is 0 Å². The van der Waals surface area contributed by atoms with Crippen LogP contribution in [0.5, 0.6) is 0 Å². The minimum Gasteiger partial charge on any atom is -0.290 e. The minimum atomic E-state index is -4.03. The second-order valence-electron chi connectivity index (χ2n) is 3.15. The molecule has 0 aliphatic carbocycles. The Kier molecular flexibility index (Phi) is 8.36. The van der Waals surface area contributed by atoms with Crippen LogP contribution in [0.25, 0.3) is 0 Å². The Labute approximate surface area is 118 Å². The second kappa shape index (κ2) is 8.39. The van der Waals surface area contributed by atoms with Crippen LogP contribution in [0.2, 0.25) is 0 Å². The Morgan fingerprint density at radius 3 is 1.40 bits per heavy atom. The SMILES string of the molecule is COP(=O)(OCCS(=O)(=O)OC)OCCS(=O)(=O)OC. The molecule has 0 saturated heterocycles. The number of rotatable bonds is 11. The third-order valence-electron chi connectivity index (χ3n) is 1.90. The van der Waals surface area contributed by atoms with Crippen molar-refractivity contribution in [1.82, 2.24) is 0 Å². The van der Waals surface area contributed by atoms with E-state index in [-0.39, 0.29) is 0 Å². The van der Waals surface area contributed by atoms with Gasteiger partial charge in [-0.1, -0.05) is 0 Å². The first kappa shape index (κ1) is 19.9. The van der Waals surface area contributed by atoms with E-state index in [0.29, 0.717) is 0 Å². The molecule has 0 bridgehead atoms. The molecule has 0 saturated carbocycles. The highest BCUT2D eigenvalue weighted by atomic mass is 32.2. The summed E-state index contributed by atoms with van der Waals surface area (Å²) in [6, 6.07) is 0. The smallest absolute Gasteiger partial charge is 0.290 e. The Bertz CT molecular complexity index is 480. The molecule has 0 spiro atoms. The molecule has 0 aliphatic rings. The van der Waals surface area contributed by atoms with Crippen molar-refractivity contribution < 1.29 is 43.3 Å². The van der Waals surface area contributed by atoms with Gasteiger partial charge in [0.2, 0.25) is 0 Å². The summed E-state index contributed by atoms with van der Waals surface area (Å²) in [5, 5.41) is 0. The monoisotopic (exact) mass is 356 g/mol. The van der Waals surface area contributed by atoms with Crippen molar-refractivity contribution >= 4 is 28.1 Å². The van der Waals surface area contributed by atoms with Gasteiger partial charge in [-0.05, 0) is 0 Å². The van der Waals surface area contributed by atoms with Gasteiger partial charge in [0, 0.05) is 7.11 Å². The predicted octanol–water partition coefficient (Wildman–Crippen LogP) is -0.274. The van der Waals surface area contributed by atoms with Gasteiger partial charge in [0.15, 0.2) is 0 Å². The van der Waals surface area contributed by atoms with Gasteiger partial charge in [0.1, 0.15) is 0 Å². The molecule has 10 nitrogen and oxygen atoms in total. The highest BCUT2D eigenvalue weighted by Crippen LogP contribution is 2.48. The number of phosphoric ester groups is 1. The van der Waals surface area contributed by atoms with E-state index in [0.717, 1.165) is 21.3 Å². The molecular weight excluding hydrogens is 339 g/mol. The molecular formula is C7H17O10PS2. The molecule has 0 aromatic rings. The van der Waals surface area contributed by atoms with Crippen LogP contribution >= 0.6 is 7.82 Å². The van der Waals surface area contributed by atoms with Gasteiger partial charge < -0.3 is 0 Å². The lowest BCUT2D eigenvalue weighted by molar-refractivity contribution is 0.141. The van der Waals surface area contributed by atoms with Crippen LogP contribution in [0, 0.1) is 0 Å². The molecule has 0 N–H and O–H groups in total. The highest BCUT2D eigenvalue weighted by Gasteiger charge is 2.26. The van der Waals surface area contributed by atoms with E-state index in [1.54, 1.807) is 0 Å². The van der Waals surface area contributed by atoms with E-state index in [1.807, 2.05) is 0 Å². The van der Waals surface area contributed by atoms with Crippen molar-refractivity contribution in [3.05, 3.63) is 0 Å². The zero-order chi connectivity index (χ0) is 15.9. The van der Waals surface area contributed by atoms with Gasteiger partial charge in [-0.3, -0.25) is 21.9 Å². The van der Waals surface area contributed by atoms with Gasteiger partial charge in [-0.2, -0.15) is 16.8 Å². The fourth-order valence-corrected chi connectivity index (χ4v) is 2.88. The van der Waals surface area contributed by atoms with Crippen LogP contribution in [0.1, 0.15) is 0 Å². The molecule has 0 aliphatic heterocycles. The molecule has 0 atom stereocenters. The summed E-state index contributed by atoms with van der Waals surface area (Å²) in [7, 11) is -8.63. The molecule has 0 fully saturated rings. The number of hydrogen-bond acceptors (Lipinski definition) is 10. The van der Waals surface area contributed by atoms with E-state index in [4.69, 9.17) is 0 Å². The summed E-state index contributed by atoms with van der Waals surface area (Å²) < 4.78 is 77.9. The van der Waals surface area contributed by atoms with Crippen molar-refractivity contribution in [2.24, 2.45) is 0 Å². The number of hydrogen-bond donors (Lipinski definition) is 0. The maximum Gasteiger partial charge on any atom is 0.474 e. The fraction of sp³-hybridized carbons (Fsp3) is 1.00. The van der Waals surface area contributed by atoms with Gasteiger partial charge in [-0.25, -0.2) is 4.57 Å². The second-order valence-corrected chi connectivity index (χ2v) is 8.64. The summed E-state index contributed by atoms with van der Waals surface area (Å²) in [6.45, 7) is -1.00. The quantitative estimate of drug-likeness (QED) is 0.360. The maximum atomic E-state index is 11.8. The van der Waals surface area contributed by atoms with E-state index in [1.165, 1.54) is 0 Å². The third kappa shape index (κ3) is 8.27.